The number of carbonyl (C=O) groups excluding carboxylic acids is 2. The Balaban J connectivity index is 0. The topological polar surface area (TPSA) is 93.4 Å². The van der Waals surface area contributed by atoms with Crippen molar-refractivity contribution >= 4 is 12.5 Å². The van der Waals surface area contributed by atoms with Gasteiger partial charge in [0.25, 0.3) is 0 Å². The Morgan fingerprint density at radius 1 is 1.24 bits per heavy atom. The maximum Gasteiger partial charge on any atom is 0.407 e. The number of alkyl carbamates (subject to hydrolysis) is 1. The summed E-state index contributed by atoms with van der Waals surface area (Å²) < 4.78 is 5.00. The van der Waals surface area contributed by atoms with Crippen LogP contribution in [0.1, 0.15) is 46.5 Å². The summed E-state index contributed by atoms with van der Waals surface area (Å²) in [5.41, 5.74) is 4.83. The number of amides is 2. The normalized spacial score (nSPS) is 9.90. The Morgan fingerprint density at radius 3 is 2.38 bits per heavy atom. The molecule has 0 aromatic rings. The van der Waals surface area contributed by atoms with Gasteiger partial charge in [-0.2, -0.15) is 0 Å². The van der Waals surface area contributed by atoms with Gasteiger partial charge in [-0.3, -0.25) is 4.79 Å². The molecule has 0 unspecified atom stereocenters. The molecule has 0 saturated heterocycles. The second-order valence-corrected chi connectivity index (χ2v) is 5.43. The minimum absolute atomic E-state index is 0.371. The fraction of sp³-hybridized carbons (Fsp3) is 0.733. The molecule has 0 aromatic carbocycles. The van der Waals surface area contributed by atoms with E-state index in [-0.39, 0.29) is 6.09 Å². The van der Waals surface area contributed by atoms with Crippen LogP contribution < -0.4 is 16.4 Å². The van der Waals surface area contributed by atoms with Gasteiger partial charge in [-0.05, 0) is 46.6 Å². The van der Waals surface area contributed by atoms with Crippen molar-refractivity contribution in [3.63, 3.8) is 0 Å². The number of nitrogens with two attached hydrogens (primary N) is 1. The molecule has 0 aliphatic heterocycles. The van der Waals surface area contributed by atoms with E-state index in [2.05, 4.69) is 17.2 Å². The minimum Gasteiger partial charge on any atom is -0.444 e. The third-order valence-corrected chi connectivity index (χ3v) is 2.13. The van der Waals surface area contributed by atoms with Gasteiger partial charge in [0, 0.05) is 13.1 Å². The van der Waals surface area contributed by atoms with Crippen LogP contribution in [0.3, 0.4) is 0 Å². The van der Waals surface area contributed by atoms with Crippen molar-refractivity contribution in [2.75, 3.05) is 19.6 Å². The van der Waals surface area contributed by atoms with E-state index in [1.807, 2.05) is 20.8 Å². The SMILES string of the molecule is C=CCCNC(=O)OC(C)(C)C.NCCCCCNC=O. The molecule has 0 saturated carbocycles. The summed E-state index contributed by atoms with van der Waals surface area (Å²) in [6.45, 7) is 11.2. The first kappa shape index (κ1) is 21.7. The Labute approximate surface area is 128 Å². The molecule has 0 rings (SSSR count). The lowest BCUT2D eigenvalue weighted by Gasteiger charge is -2.19. The van der Waals surface area contributed by atoms with Gasteiger partial charge in [0.05, 0.1) is 0 Å². The van der Waals surface area contributed by atoms with Crippen molar-refractivity contribution in [2.24, 2.45) is 5.73 Å². The molecular formula is C15H31N3O3. The number of ether oxygens (including phenoxy) is 1. The minimum atomic E-state index is -0.418. The smallest absolute Gasteiger partial charge is 0.407 e. The highest BCUT2D eigenvalue weighted by Crippen LogP contribution is 2.06. The lowest BCUT2D eigenvalue weighted by atomic mass is 10.2. The quantitative estimate of drug-likeness (QED) is 0.345. The fourth-order valence-electron chi connectivity index (χ4n) is 1.20. The summed E-state index contributed by atoms with van der Waals surface area (Å²) in [7, 11) is 0. The molecule has 6 nitrogen and oxygen atoms in total. The van der Waals surface area contributed by atoms with E-state index in [9.17, 15) is 9.59 Å². The zero-order chi connectivity index (χ0) is 16.6. The highest BCUT2D eigenvalue weighted by Gasteiger charge is 2.14. The molecule has 2 amide bonds. The number of unbranched alkanes of at least 4 members (excludes halogenated alkanes) is 2. The predicted molar refractivity (Wildman–Crippen MR) is 86.0 cm³/mol. The van der Waals surface area contributed by atoms with Crippen LogP contribution in [0.25, 0.3) is 0 Å². The molecule has 124 valence electrons. The van der Waals surface area contributed by atoms with Crippen molar-refractivity contribution in [3.8, 4) is 0 Å². The first-order valence-electron chi connectivity index (χ1n) is 7.32. The number of nitrogens with one attached hydrogen (secondary N) is 2. The monoisotopic (exact) mass is 301 g/mol. The maximum atomic E-state index is 11.0. The molecule has 0 radical (unpaired) electrons. The van der Waals surface area contributed by atoms with E-state index in [4.69, 9.17) is 10.5 Å². The molecule has 0 heterocycles. The molecule has 0 bridgehead atoms. The lowest BCUT2D eigenvalue weighted by molar-refractivity contribution is -0.109. The zero-order valence-electron chi connectivity index (χ0n) is 13.6. The average molecular weight is 301 g/mol. The van der Waals surface area contributed by atoms with Crippen LogP contribution in [0.5, 0.6) is 0 Å². The van der Waals surface area contributed by atoms with Crippen molar-refractivity contribution in [1.29, 1.82) is 0 Å². The molecule has 6 heteroatoms. The first-order chi connectivity index (χ1) is 9.87. The summed E-state index contributed by atoms with van der Waals surface area (Å²) >= 11 is 0. The summed E-state index contributed by atoms with van der Waals surface area (Å²) in [5, 5.41) is 5.19. The molecule has 0 aromatic heterocycles. The van der Waals surface area contributed by atoms with Crippen molar-refractivity contribution in [3.05, 3.63) is 12.7 Å². The van der Waals surface area contributed by atoms with E-state index in [0.717, 1.165) is 45.2 Å². The second-order valence-electron chi connectivity index (χ2n) is 5.43. The van der Waals surface area contributed by atoms with E-state index in [1.54, 1.807) is 6.08 Å². The average Bonchev–Trinajstić information content (AvgIpc) is 2.38. The van der Waals surface area contributed by atoms with Crippen LogP contribution in [-0.4, -0.2) is 37.7 Å². The van der Waals surface area contributed by atoms with E-state index < -0.39 is 5.60 Å². The van der Waals surface area contributed by atoms with Crippen molar-refractivity contribution < 1.29 is 14.3 Å². The molecule has 21 heavy (non-hydrogen) atoms. The number of carbonyl (C=O) groups is 2. The summed E-state index contributed by atoms with van der Waals surface area (Å²) in [5.74, 6) is 0. The van der Waals surface area contributed by atoms with Crippen LogP contribution in [0, 0.1) is 0 Å². The predicted octanol–water partition coefficient (Wildman–Crippen LogP) is 1.95. The molecule has 0 aliphatic carbocycles. The van der Waals surface area contributed by atoms with Crippen molar-refractivity contribution in [1.82, 2.24) is 10.6 Å². The van der Waals surface area contributed by atoms with Crippen LogP contribution in [-0.2, 0) is 9.53 Å². The highest BCUT2D eigenvalue weighted by molar-refractivity contribution is 5.67. The Kier molecular flexibility index (Phi) is 15.4. The third kappa shape index (κ3) is 23.9. The largest absolute Gasteiger partial charge is 0.444 e. The zero-order valence-corrected chi connectivity index (χ0v) is 13.6. The molecule has 4 N–H and O–H groups in total. The van der Waals surface area contributed by atoms with E-state index in [1.165, 1.54) is 0 Å². The summed E-state index contributed by atoms with van der Waals surface area (Å²) in [6.07, 6.45) is 6.07. The van der Waals surface area contributed by atoms with Crippen molar-refractivity contribution in [2.45, 2.75) is 52.1 Å². The standard InChI is InChI=1S/C9H17NO2.C6H14N2O/c1-5-6-7-10-8(11)12-9(2,3)4;7-4-2-1-3-5-8-6-9/h5H,1,6-7H2,2-4H3,(H,10,11);6H,1-5,7H2,(H,8,9). The van der Waals surface area contributed by atoms with Gasteiger partial charge in [-0.15, -0.1) is 6.58 Å². The summed E-state index contributed by atoms with van der Waals surface area (Å²) in [6, 6.07) is 0. The van der Waals surface area contributed by atoms with E-state index >= 15 is 0 Å². The van der Waals surface area contributed by atoms with Gasteiger partial charge in [0.15, 0.2) is 0 Å². The molecule has 0 aliphatic rings. The van der Waals surface area contributed by atoms with Gasteiger partial charge in [-0.25, -0.2) is 4.79 Å². The molecule has 0 fully saturated rings. The highest BCUT2D eigenvalue weighted by atomic mass is 16.6. The number of hydrogen-bond acceptors (Lipinski definition) is 4. The summed E-state index contributed by atoms with van der Waals surface area (Å²) in [4.78, 5) is 20.7. The number of hydrogen-bond donors (Lipinski definition) is 3. The Bertz CT molecular complexity index is 276. The third-order valence-electron chi connectivity index (χ3n) is 2.13. The molecule has 0 spiro atoms. The molecule has 0 atom stereocenters. The Hall–Kier alpha value is -1.56. The number of rotatable bonds is 9. The van der Waals surface area contributed by atoms with E-state index in [0.29, 0.717) is 6.54 Å². The maximum absolute atomic E-state index is 11.0. The molecular weight excluding hydrogens is 270 g/mol. The van der Waals surface area contributed by atoms with Gasteiger partial charge < -0.3 is 21.1 Å². The van der Waals surface area contributed by atoms with Gasteiger partial charge in [0.1, 0.15) is 5.60 Å². The lowest BCUT2D eigenvalue weighted by Crippen LogP contribution is -2.32. The first-order valence-corrected chi connectivity index (χ1v) is 7.32. The van der Waals surface area contributed by atoms with Gasteiger partial charge >= 0.3 is 6.09 Å². The fourth-order valence-corrected chi connectivity index (χ4v) is 1.20. The van der Waals surface area contributed by atoms with Gasteiger partial charge in [0.2, 0.25) is 6.41 Å². The van der Waals surface area contributed by atoms with Gasteiger partial charge in [-0.1, -0.05) is 12.5 Å². The van der Waals surface area contributed by atoms with Crippen LogP contribution in [0.15, 0.2) is 12.7 Å². The van der Waals surface area contributed by atoms with Crippen LogP contribution in [0.4, 0.5) is 4.79 Å². The van der Waals surface area contributed by atoms with Crippen LogP contribution in [0.2, 0.25) is 0 Å². The second kappa shape index (κ2) is 14.8. The Morgan fingerprint density at radius 2 is 1.90 bits per heavy atom. The van der Waals surface area contributed by atoms with Crippen LogP contribution >= 0.6 is 0 Å².